The highest BCUT2D eigenvalue weighted by molar-refractivity contribution is 7.22. The monoisotopic (exact) mass is 356 g/mol. The first-order valence-corrected chi connectivity index (χ1v) is 7.58. The zero-order valence-electron chi connectivity index (χ0n) is 11.3. The molecule has 0 spiro atoms. The van der Waals surface area contributed by atoms with E-state index >= 15 is 0 Å². The van der Waals surface area contributed by atoms with E-state index in [1.807, 2.05) is 0 Å². The lowest BCUT2D eigenvalue weighted by molar-refractivity contribution is -0.136. The van der Waals surface area contributed by atoms with Crippen molar-refractivity contribution in [3.8, 4) is 0 Å². The number of nitrogens with one attached hydrogen (secondary N) is 1. The zero-order valence-corrected chi connectivity index (χ0v) is 12.9. The van der Waals surface area contributed by atoms with Crippen LogP contribution in [0.25, 0.3) is 10.2 Å². The predicted octanol–water partition coefficient (Wildman–Crippen LogP) is 5.22. The summed E-state index contributed by atoms with van der Waals surface area (Å²) in [5.74, 6) is -0.486. The molecule has 3 nitrogen and oxygen atoms in total. The van der Waals surface area contributed by atoms with Crippen LogP contribution in [0.1, 0.15) is 15.9 Å². The fourth-order valence-corrected chi connectivity index (χ4v) is 3.11. The number of aromatic nitrogens is 1. The summed E-state index contributed by atoms with van der Waals surface area (Å²) in [7, 11) is 0. The van der Waals surface area contributed by atoms with Crippen LogP contribution in [-0.4, -0.2) is 10.9 Å². The molecule has 23 heavy (non-hydrogen) atoms. The molecule has 1 amide bonds. The van der Waals surface area contributed by atoms with Crippen molar-refractivity contribution in [1.29, 1.82) is 0 Å². The second kappa shape index (κ2) is 5.82. The fourth-order valence-electron chi connectivity index (χ4n) is 2.03. The first-order chi connectivity index (χ1) is 10.8. The Morgan fingerprint density at radius 1 is 1.17 bits per heavy atom. The Hall–Kier alpha value is -2.12. The lowest BCUT2D eigenvalue weighted by Gasteiger charge is -2.06. The maximum absolute atomic E-state index is 13.0. The highest BCUT2D eigenvalue weighted by Crippen LogP contribution is 2.37. The third-order valence-corrected chi connectivity index (χ3v) is 4.20. The number of anilines is 1. The standard InChI is InChI=1S/C15H8ClF3N2OS/c16-9-4-1-3-8(7-9)13(22)21-14-20-12-10(15(17,18)19)5-2-6-11(12)23-14/h1-7H,(H,20,21,22). The summed E-state index contributed by atoms with van der Waals surface area (Å²) >= 11 is 6.79. The van der Waals surface area contributed by atoms with Gasteiger partial charge in [0.1, 0.15) is 0 Å². The quantitative estimate of drug-likeness (QED) is 0.684. The number of carbonyl (C=O) groups excluding carboxylic acids is 1. The normalized spacial score (nSPS) is 11.7. The third-order valence-electron chi connectivity index (χ3n) is 3.03. The van der Waals surface area contributed by atoms with Crippen LogP contribution < -0.4 is 5.32 Å². The second-order valence-electron chi connectivity index (χ2n) is 4.63. The van der Waals surface area contributed by atoms with Crippen LogP contribution in [0.4, 0.5) is 18.3 Å². The number of halogens is 4. The Kier molecular flexibility index (Phi) is 3.99. The molecule has 118 valence electrons. The van der Waals surface area contributed by atoms with Crippen LogP contribution >= 0.6 is 22.9 Å². The highest BCUT2D eigenvalue weighted by Gasteiger charge is 2.33. The first kappa shape index (κ1) is 15.8. The van der Waals surface area contributed by atoms with E-state index in [0.717, 1.165) is 17.4 Å². The highest BCUT2D eigenvalue weighted by atomic mass is 35.5. The number of amides is 1. The molecule has 0 radical (unpaired) electrons. The van der Waals surface area contributed by atoms with Crippen molar-refractivity contribution in [1.82, 2.24) is 4.98 Å². The fraction of sp³-hybridized carbons (Fsp3) is 0.0667. The van der Waals surface area contributed by atoms with Crippen LogP contribution in [0.2, 0.25) is 5.02 Å². The molecule has 0 bridgehead atoms. The van der Waals surface area contributed by atoms with Gasteiger partial charge in [-0.2, -0.15) is 13.2 Å². The summed E-state index contributed by atoms with van der Waals surface area (Å²) in [5, 5.41) is 2.98. The van der Waals surface area contributed by atoms with Gasteiger partial charge >= 0.3 is 6.18 Å². The number of nitrogens with zero attached hydrogens (tertiary/aromatic N) is 1. The molecule has 1 aromatic heterocycles. The van der Waals surface area contributed by atoms with Crippen molar-refractivity contribution in [2.45, 2.75) is 6.18 Å². The number of carbonyl (C=O) groups is 1. The van der Waals surface area contributed by atoms with Crippen molar-refractivity contribution in [3.05, 3.63) is 58.6 Å². The molecular formula is C15H8ClF3N2OS. The van der Waals surface area contributed by atoms with E-state index in [4.69, 9.17) is 11.6 Å². The summed E-state index contributed by atoms with van der Waals surface area (Å²) in [6, 6.07) is 10.0. The minimum absolute atomic E-state index is 0.0988. The maximum atomic E-state index is 13.0. The molecule has 0 aliphatic rings. The molecule has 0 atom stereocenters. The SMILES string of the molecule is O=C(Nc1nc2c(C(F)(F)F)cccc2s1)c1cccc(Cl)c1. The van der Waals surface area contributed by atoms with E-state index < -0.39 is 17.6 Å². The lowest BCUT2D eigenvalue weighted by Crippen LogP contribution is -2.11. The third kappa shape index (κ3) is 3.30. The number of hydrogen-bond donors (Lipinski definition) is 1. The molecule has 1 N–H and O–H groups in total. The van der Waals surface area contributed by atoms with Crippen molar-refractivity contribution >= 4 is 44.2 Å². The van der Waals surface area contributed by atoms with E-state index in [0.29, 0.717) is 15.3 Å². The average molecular weight is 357 g/mol. The van der Waals surface area contributed by atoms with Gasteiger partial charge in [-0.25, -0.2) is 4.98 Å². The number of alkyl halides is 3. The van der Waals surface area contributed by atoms with Gasteiger partial charge in [0, 0.05) is 10.6 Å². The molecule has 0 fully saturated rings. The molecule has 0 unspecified atom stereocenters. The average Bonchev–Trinajstić information content (AvgIpc) is 2.88. The Morgan fingerprint density at radius 3 is 2.61 bits per heavy atom. The molecule has 0 aliphatic carbocycles. The predicted molar refractivity (Wildman–Crippen MR) is 84.0 cm³/mol. The first-order valence-electron chi connectivity index (χ1n) is 6.38. The van der Waals surface area contributed by atoms with Crippen molar-refractivity contribution in [3.63, 3.8) is 0 Å². The topological polar surface area (TPSA) is 42.0 Å². The molecular weight excluding hydrogens is 349 g/mol. The Morgan fingerprint density at radius 2 is 1.91 bits per heavy atom. The molecule has 3 aromatic rings. The van der Waals surface area contributed by atoms with Gasteiger partial charge in [0.05, 0.1) is 15.8 Å². The van der Waals surface area contributed by atoms with Gasteiger partial charge in [0.15, 0.2) is 5.13 Å². The summed E-state index contributed by atoms with van der Waals surface area (Å²) in [5.41, 5.74) is -0.700. The lowest BCUT2D eigenvalue weighted by atomic mass is 10.2. The zero-order chi connectivity index (χ0) is 16.6. The van der Waals surface area contributed by atoms with Gasteiger partial charge in [-0.3, -0.25) is 10.1 Å². The number of benzene rings is 2. The van der Waals surface area contributed by atoms with Crippen LogP contribution in [0.3, 0.4) is 0 Å². The van der Waals surface area contributed by atoms with Gasteiger partial charge in [-0.05, 0) is 30.3 Å². The number of para-hydroxylation sites is 1. The number of thiazole rings is 1. The van der Waals surface area contributed by atoms with Crippen LogP contribution in [-0.2, 0) is 6.18 Å². The summed E-state index contributed by atoms with van der Waals surface area (Å²) in [6.07, 6.45) is -4.50. The Labute approximate surface area is 137 Å². The molecule has 1 heterocycles. The van der Waals surface area contributed by atoms with Gasteiger partial charge in [0.25, 0.3) is 5.91 Å². The molecule has 2 aromatic carbocycles. The van der Waals surface area contributed by atoms with Crippen molar-refractivity contribution < 1.29 is 18.0 Å². The van der Waals surface area contributed by atoms with E-state index in [2.05, 4.69) is 10.3 Å². The smallest absolute Gasteiger partial charge is 0.298 e. The minimum Gasteiger partial charge on any atom is -0.298 e. The molecule has 3 rings (SSSR count). The number of hydrogen-bond acceptors (Lipinski definition) is 3. The largest absolute Gasteiger partial charge is 0.418 e. The Bertz CT molecular complexity index is 892. The van der Waals surface area contributed by atoms with Gasteiger partial charge in [0.2, 0.25) is 0 Å². The second-order valence-corrected chi connectivity index (χ2v) is 6.10. The van der Waals surface area contributed by atoms with Crippen LogP contribution in [0.15, 0.2) is 42.5 Å². The molecule has 0 aliphatic heterocycles. The van der Waals surface area contributed by atoms with E-state index in [1.165, 1.54) is 18.2 Å². The van der Waals surface area contributed by atoms with Crippen molar-refractivity contribution in [2.75, 3.05) is 5.32 Å². The number of fused-ring (bicyclic) bond motifs is 1. The van der Waals surface area contributed by atoms with Crippen LogP contribution in [0, 0.1) is 0 Å². The van der Waals surface area contributed by atoms with E-state index in [9.17, 15) is 18.0 Å². The van der Waals surface area contributed by atoms with Crippen LogP contribution in [0.5, 0.6) is 0 Å². The van der Waals surface area contributed by atoms with Gasteiger partial charge in [-0.15, -0.1) is 0 Å². The van der Waals surface area contributed by atoms with E-state index in [1.54, 1.807) is 18.2 Å². The van der Waals surface area contributed by atoms with Gasteiger partial charge < -0.3 is 0 Å². The number of rotatable bonds is 2. The van der Waals surface area contributed by atoms with Gasteiger partial charge in [-0.1, -0.05) is 35.1 Å². The maximum Gasteiger partial charge on any atom is 0.418 e. The minimum atomic E-state index is -4.50. The summed E-state index contributed by atoms with van der Waals surface area (Å²) < 4.78 is 39.2. The van der Waals surface area contributed by atoms with Crippen molar-refractivity contribution in [2.24, 2.45) is 0 Å². The molecule has 0 saturated heterocycles. The van der Waals surface area contributed by atoms with E-state index in [-0.39, 0.29) is 10.6 Å². The summed E-state index contributed by atoms with van der Waals surface area (Å²) in [6.45, 7) is 0. The molecule has 0 saturated carbocycles. The Balaban J connectivity index is 1.94. The summed E-state index contributed by atoms with van der Waals surface area (Å²) in [4.78, 5) is 16.0. The molecule has 8 heteroatoms.